The quantitative estimate of drug-likeness (QED) is 0.479. The second-order valence-corrected chi connectivity index (χ2v) is 7.99. The standard InChI is InChI=1S/C14H17ClN4O5S/c1-14(2)12(21)19(13(22)16-14)8-7-11(20)17-18-25(23,24)10-5-3-9(15)4-6-10/h3-6,18H,7-8H2,1-2H3,(H,16,22)(H,17,20). The minimum absolute atomic E-state index is 0.0759. The fourth-order valence-electron chi connectivity index (χ4n) is 2.09. The van der Waals surface area contributed by atoms with Crippen LogP contribution in [-0.2, 0) is 19.6 Å². The molecule has 4 amide bonds. The summed E-state index contributed by atoms with van der Waals surface area (Å²) in [5.74, 6) is -1.14. The van der Waals surface area contributed by atoms with Crippen LogP contribution in [0.3, 0.4) is 0 Å². The molecule has 0 aromatic heterocycles. The fraction of sp³-hybridized carbons (Fsp3) is 0.357. The highest BCUT2D eigenvalue weighted by Crippen LogP contribution is 2.16. The molecule has 25 heavy (non-hydrogen) atoms. The number of hydrazine groups is 1. The van der Waals surface area contributed by atoms with E-state index in [1.807, 2.05) is 10.3 Å². The van der Waals surface area contributed by atoms with Crippen LogP contribution in [0.2, 0.25) is 5.02 Å². The molecule has 136 valence electrons. The Morgan fingerprint density at radius 1 is 1.24 bits per heavy atom. The van der Waals surface area contributed by atoms with E-state index in [0.717, 1.165) is 4.90 Å². The summed E-state index contributed by atoms with van der Waals surface area (Å²) in [5.41, 5.74) is 1.01. The maximum Gasteiger partial charge on any atom is 0.325 e. The van der Waals surface area contributed by atoms with E-state index in [9.17, 15) is 22.8 Å². The summed E-state index contributed by atoms with van der Waals surface area (Å²) in [6.45, 7) is 2.93. The van der Waals surface area contributed by atoms with Gasteiger partial charge in [-0.3, -0.25) is 19.9 Å². The van der Waals surface area contributed by atoms with Crippen LogP contribution in [-0.4, -0.2) is 43.2 Å². The minimum atomic E-state index is -3.95. The number of nitrogens with one attached hydrogen (secondary N) is 3. The molecule has 1 heterocycles. The zero-order valence-corrected chi connectivity index (χ0v) is 15.1. The van der Waals surface area contributed by atoms with Gasteiger partial charge in [-0.15, -0.1) is 4.83 Å². The Morgan fingerprint density at radius 2 is 1.84 bits per heavy atom. The Labute approximate surface area is 149 Å². The zero-order valence-electron chi connectivity index (χ0n) is 13.5. The Hall–Kier alpha value is -2.17. The van der Waals surface area contributed by atoms with Gasteiger partial charge in [-0.05, 0) is 38.1 Å². The first-order chi connectivity index (χ1) is 11.5. The van der Waals surface area contributed by atoms with Gasteiger partial charge in [0.05, 0.1) is 4.90 Å². The Kier molecular flexibility index (Phi) is 5.35. The molecule has 0 radical (unpaired) electrons. The van der Waals surface area contributed by atoms with E-state index in [4.69, 9.17) is 11.6 Å². The number of imide groups is 1. The van der Waals surface area contributed by atoms with Gasteiger partial charge in [0.2, 0.25) is 5.91 Å². The molecule has 1 aromatic rings. The van der Waals surface area contributed by atoms with E-state index in [1.165, 1.54) is 24.3 Å². The van der Waals surface area contributed by atoms with Gasteiger partial charge in [-0.25, -0.2) is 13.2 Å². The minimum Gasteiger partial charge on any atom is -0.324 e. The van der Waals surface area contributed by atoms with Crippen molar-refractivity contribution in [2.24, 2.45) is 0 Å². The van der Waals surface area contributed by atoms with Crippen LogP contribution in [0.15, 0.2) is 29.2 Å². The molecule has 1 aliphatic rings. The summed E-state index contributed by atoms with van der Waals surface area (Å²) in [6, 6.07) is 4.77. The Balaban J connectivity index is 1.88. The average Bonchev–Trinajstić information content (AvgIpc) is 2.72. The molecule has 11 heteroatoms. The third-order valence-electron chi connectivity index (χ3n) is 3.46. The topological polar surface area (TPSA) is 125 Å². The molecule has 0 bridgehead atoms. The third-order valence-corrected chi connectivity index (χ3v) is 4.97. The van der Waals surface area contributed by atoms with Crippen molar-refractivity contribution < 1.29 is 22.8 Å². The number of amides is 4. The summed E-state index contributed by atoms with van der Waals surface area (Å²) in [4.78, 5) is 38.2. The predicted octanol–water partition coefficient (Wildman–Crippen LogP) is 0.370. The van der Waals surface area contributed by atoms with Crippen molar-refractivity contribution in [3.63, 3.8) is 0 Å². The van der Waals surface area contributed by atoms with Crippen LogP contribution >= 0.6 is 11.6 Å². The number of sulfonamides is 1. The number of nitrogens with zero attached hydrogens (tertiary/aromatic N) is 1. The number of halogens is 1. The molecule has 2 rings (SSSR count). The number of hydrogen-bond donors (Lipinski definition) is 3. The Morgan fingerprint density at radius 3 is 2.36 bits per heavy atom. The van der Waals surface area contributed by atoms with Gasteiger partial charge < -0.3 is 5.32 Å². The molecule has 1 aromatic carbocycles. The molecule has 0 unspecified atom stereocenters. The van der Waals surface area contributed by atoms with E-state index in [0.29, 0.717) is 5.02 Å². The molecule has 0 spiro atoms. The maximum absolute atomic E-state index is 12.0. The lowest BCUT2D eigenvalue weighted by Gasteiger charge is -2.15. The van der Waals surface area contributed by atoms with Crippen molar-refractivity contribution in [3.8, 4) is 0 Å². The van der Waals surface area contributed by atoms with Crippen molar-refractivity contribution in [2.75, 3.05) is 6.54 Å². The van der Waals surface area contributed by atoms with E-state index >= 15 is 0 Å². The molecule has 0 aliphatic carbocycles. The molecule has 0 atom stereocenters. The zero-order chi connectivity index (χ0) is 18.8. The van der Waals surface area contributed by atoms with Crippen LogP contribution in [0, 0.1) is 0 Å². The van der Waals surface area contributed by atoms with Crippen LogP contribution in [0.25, 0.3) is 0 Å². The van der Waals surface area contributed by atoms with Crippen molar-refractivity contribution in [3.05, 3.63) is 29.3 Å². The van der Waals surface area contributed by atoms with Crippen molar-refractivity contribution in [1.29, 1.82) is 0 Å². The molecule has 3 N–H and O–H groups in total. The summed E-state index contributed by atoms with van der Waals surface area (Å²) < 4.78 is 24.0. The summed E-state index contributed by atoms with van der Waals surface area (Å²) in [5, 5.41) is 2.86. The van der Waals surface area contributed by atoms with Gasteiger partial charge >= 0.3 is 6.03 Å². The van der Waals surface area contributed by atoms with E-state index in [1.54, 1.807) is 13.8 Å². The second-order valence-electron chi connectivity index (χ2n) is 5.87. The smallest absolute Gasteiger partial charge is 0.324 e. The number of hydrogen-bond acceptors (Lipinski definition) is 5. The number of benzene rings is 1. The SMILES string of the molecule is CC1(C)NC(=O)N(CCC(=O)NNS(=O)(=O)c2ccc(Cl)cc2)C1=O. The molecule has 1 fully saturated rings. The van der Waals surface area contributed by atoms with Crippen molar-refractivity contribution in [1.82, 2.24) is 20.5 Å². The van der Waals surface area contributed by atoms with Gasteiger partial charge in [0.1, 0.15) is 5.54 Å². The highest BCUT2D eigenvalue weighted by Gasteiger charge is 2.44. The van der Waals surface area contributed by atoms with Crippen LogP contribution in [0.4, 0.5) is 4.79 Å². The van der Waals surface area contributed by atoms with Gasteiger partial charge in [0.15, 0.2) is 0 Å². The number of carbonyl (C=O) groups excluding carboxylic acids is 3. The highest BCUT2D eigenvalue weighted by atomic mass is 35.5. The van der Waals surface area contributed by atoms with Gasteiger partial charge in [-0.1, -0.05) is 11.6 Å². The van der Waals surface area contributed by atoms with Crippen LogP contribution in [0.5, 0.6) is 0 Å². The average molecular weight is 389 g/mol. The largest absolute Gasteiger partial charge is 0.325 e. The summed E-state index contributed by atoms with van der Waals surface area (Å²) in [6.07, 6.45) is -0.252. The van der Waals surface area contributed by atoms with Gasteiger partial charge in [0, 0.05) is 18.0 Å². The fourth-order valence-corrected chi connectivity index (χ4v) is 3.08. The normalized spacial score (nSPS) is 16.7. The van der Waals surface area contributed by atoms with E-state index in [-0.39, 0.29) is 17.9 Å². The van der Waals surface area contributed by atoms with Crippen molar-refractivity contribution in [2.45, 2.75) is 30.7 Å². The first-order valence-corrected chi connectivity index (χ1v) is 9.09. The monoisotopic (exact) mass is 388 g/mol. The Bertz CT molecular complexity index is 807. The lowest BCUT2D eigenvalue weighted by atomic mass is 10.1. The number of rotatable bonds is 6. The molecular formula is C14H17ClN4O5S. The molecule has 1 saturated heterocycles. The van der Waals surface area contributed by atoms with Gasteiger partial charge in [-0.2, -0.15) is 0 Å². The third kappa shape index (κ3) is 4.47. The molecule has 9 nitrogen and oxygen atoms in total. The number of urea groups is 1. The maximum atomic E-state index is 12.0. The first-order valence-electron chi connectivity index (χ1n) is 7.23. The molecule has 1 aliphatic heterocycles. The van der Waals surface area contributed by atoms with Crippen LogP contribution < -0.4 is 15.6 Å². The first kappa shape index (κ1) is 19.2. The van der Waals surface area contributed by atoms with Gasteiger partial charge in [0.25, 0.3) is 15.9 Å². The summed E-state index contributed by atoms with van der Waals surface area (Å²) in [7, 11) is -3.95. The second kappa shape index (κ2) is 6.98. The van der Waals surface area contributed by atoms with E-state index < -0.39 is 33.4 Å². The highest BCUT2D eigenvalue weighted by molar-refractivity contribution is 7.89. The predicted molar refractivity (Wildman–Crippen MR) is 88.9 cm³/mol. The van der Waals surface area contributed by atoms with Crippen molar-refractivity contribution >= 4 is 39.5 Å². The lowest BCUT2D eigenvalue weighted by Crippen LogP contribution is -2.43. The lowest BCUT2D eigenvalue weighted by molar-refractivity contribution is -0.130. The molecular weight excluding hydrogens is 372 g/mol. The van der Waals surface area contributed by atoms with E-state index in [2.05, 4.69) is 5.32 Å². The molecule has 0 saturated carbocycles. The van der Waals surface area contributed by atoms with Crippen LogP contribution in [0.1, 0.15) is 20.3 Å². The number of carbonyl (C=O) groups is 3. The summed E-state index contributed by atoms with van der Waals surface area (Å²) >= 11 is 5.69.